The van der Waals surface area contributed by atoms with Crippen molar-refractivity contribution in [2.24, 2.45) is 0 Å². The highest BCUT2D eigenvalue weighted by Crippen LogP contribution is 2.32. The summed E-state index contributed by atoms with van der Waals surface area (Å²) >= 11 is 12.1. The largest absolute Gasteiger partial charge is 0.334 e. The molecule has 1 heterocycles. The molecule has 110 valence electrons. The molecule has 1 aliphatic rings. The van der Waals surface area contributed by atoms with Crippen LogP contribution in [0.25, 0.3) is 0 Å². The Kier molecular flexibility index (Phi) is 4.95. The van der Waals surface area contributed by atoms with Crippen LogP contribution >= 0.6 is 23.2 Å². The van der Waals surface area contributed by atoms with Crippen LogP contribution in [0.1, 0.15) is 38.8 Å². The second kappa shape index (κ2) is 6.33. The topological polar surface area (TPSA) is 32.3 Å². The molecule has 0 saturated carbocycles. The Morgan fingerprint density at radius 1 is 1.30 bits per heavy atom. The lowest BCUT2D eigenvalue weighted by Crippen LogP contribution is -2.42. The van der Waals surface area contributed by atoms with Gasteiger partial charge in [-0.1, -0.05) is 43.1 Å². The summed E-state index contributed by atoms with van der Waals surface area (Å²) in [6.07, 6.45) is 0.840. The van der Waals surface area contributed by atoms with Gasteiger partial charge in [0.05, 0.1) is 12.1 Å². The number of halogens is 2. The monoisotopic (exact) mass is 314 g/mol. The quantitative estimate of drug-likeness (QED) is 0.920. The van der Waals surface area contributed by atoms with E-state index in [1.807, 2.05) is 24.0 Å². The Morgan fingerprint density at radius 3 is 2.60 bits per heavy atom. The van der Waals surface area contributed by atoms with Crippen LogP contribution in [0.5, 0.6) is 0 Å². The predicted octanol–water partition coefficient (Wildman–Crippen LogP) is 3.65. The zero-order chi connectivity index (χ0) is 14.9. The second-order valence-electron chi connectivity index (χ2n) is 5.54. The standard InChI is InChI=1S/C15H20Cl2N2O/c1-9(2)18-14-6-7-19(15(14)20)10(3)12-5-4-11(16)8-13(12)17/h4-5,8-10,14,18H,6-7H2,1-3H3. The van der Waals surface area contributed by atoms with E-state index >= 15 is 0 Å². The number of nitrogens with one attached hydrogen (secondary N) is 1. The summed E-state index contributed by atoms with van der Waals surface area (Å²) in [5, 5.41) is 4.52. The van der Waals surface area contributed by atoms with Gasteiger partial charge in [-0.3, -0.25) is 4.79 Å². The third-order valence-electron chi connectivity index (χ3n) is 3.65. The summed E-state index contributed by atoms with van der Waals surface area (Å²) in [4.78, 5) is 14.3. The zero-order valence-electron chi connectivity index (χ0n) is 12.0. The van der Waals surface area contributed by atoms with E-state index in [0.29, 0.717) is 16.1 Å². The molecule has 0 radical (unpaired) electrons. The molecule has 0 bridgehead atoms. The van der Waals surface area contributed by atoms with Gasteiger partial charge in [0.2, 0.25) is 5.91 Å². The van der Waals surface area contributed by atoms with E-state index in [4.69, 9.17) is 23.2 Å². The first-order valence-corrected chi connectivity index (χ1v) is 7.67. The summed E-state index contributed by atoms with van der Waals surface area (Å²) in [7, 11) is 0. The van der Waals surface area contributed by atoms with Crippen LogP contribution in [0.3, 0.4) is 0 Å². The summed E-state index contributed by atoms with van der Waals surface area (Å²) in [5.41, 5.74) is 0.939. The van der Waals surface area contributed by atoms with Gasteiger partial charge in [0.1, 0.15) is 0 Å². The minimum absolute atomic E-state index is 0.0359. The third kappa shape index (κ3) is 3.27. The average molecular weight is 315 g/mol. The smallest absolute Gasteiger partial charge is 0.240 e. The maximum atomic E-state index is 12.4. The summed E-state index contributed by atoms with van der Waals surface area (Å²) in [6.45, 7) is 6.86. The molecule has 0 spiro atoms. The highest BCUT2D eigenvalue weighted by Gasteiger charge is 2.35. The Balaban J connectivity index is 2.14. The molecule has 1 amide bonds. The number of hydrogen-bond donors (Lipinski definition) is 1. The molecule has 1 aliphatic heterocycles. The van der Waals surface area contributed by atoms with E-state index in [9.17, 15) is 4.79 Å². The lowest BCUT2D eigenvalue weighted by atomic mass is 10.1. The van der Waals surface area contributed by atoms with Crippen molar-refractivity contribution in [1.29, 1.82) is 0 Å². The van der Waals surface area contributed by atoms with Crippen molar-refractivity contribution in [2.45, 2.75) is 45.3 Å². The number of carbonyl (C=O) groups excluding carboxylic acids is 1. The number of amides is 1. The van der Waals surface area contributed by atoms with Gasteiger partial charge in [0, 0.05) is 22.6 Å². The van der Waals surface area contributed by atoms with Crippen LogP contribution in [0.4, 0.5) is 0 Å². The summed E-state index contributed by atoms with van der Waals surface area (Å²) in [6, 6.07) is 5.61. The lowest BCUT2D eigenvalue weighted by molar-refractivity contribution is -0.131. The van der Waals surface area contributed by atoms with Crippen molar-refractivity contribution in [3.8, 4) is 0 Å². The fraction of sp³-hybridized carbons (Fsp3) is 0.533. The summed E-state index contributed by atoms with van der Waals surface area (Å²) < 4.78 is 0. The predicted molar refractivity (Wildman–Crippen MR) is 83.3 cm³/mol. The minimum Gasteiger partial charge on any atom is -0.334 e. The minimum atomic E-state index is -0.0801. The highest BCUT2D eigenvalue weighted by atomic mass is 35.5. The van der Waals surface area contributed by atoms with Crippen molar-refractivity contribution in [3.05, 3.63) is 33.8 Å². The fourth-order valence-electron chi connectivity index (χ4n) is 2.65. The fourth-order valence-corrected chi connectivity index (χ4v) is 3.22. The van der Waals surface area contributed by atoms with Crippen LogP contribution in [0.15, 0.2) is 18.2 Å². The van der Waals surface area contributed by atoms with Gasteiger partial charge < -0.3 is 10.2 Å². The van der Waals surface area contributed by atoms with Gasteiger partial charge in [0.25, 0.3) is 0 Å². The molecule has 2 atom stereocenters. The lowest BCUT2D eigenvalue weighted by Gasteiger charge is -2.26. The van der Waals surface area contributed by atoms with Crippen molar-refractivity contribution in [2.75, 3.05) is 6.54 Å². The van der Waals surface area contributed by atoms with Gasteiger partial charge in [-0.25, -0.2) is 0 Å². The molecule has 1 aromatic carbocycles. The maximum Gasteiger partial charge on any atom is 0.240 e. The number of carbonyl (C=O) groups is 1. The van der Waals surface area contributed by atoms with Crippen molar-refractivity contribution in [3.63, 3.8) is 0 Å². The molecule has 0 aromatic heterocycles. The third-order valence-corrected chi connectivity index (χ3v) is 4.22. The van der Waals surface area contributed by atoms with Crippen LogP contribution in [-0.4, -0.2) is 29.4 Å². The Morgan fingerprint density at radius 2 is 2.00 bits per heavy atom. The average Bonchev–Trinajstić information content (AvgIpc) is 2.69. The van der Waals surface area contributed by atoms with Crippen molar-refractivity contribution < 1.29 is 4.79 Å². The number of rotatable bonds is 4. The van der Waals surface area contributed by atoms with E-state index < -0.39 is 0 Å². The first-order valence-electron chi connectivity index (χ1n) is 6.91. The molecule has 1 aromatic rings. The maximum absolute atomic E-state index is 12.4. The van der Waals surface area contributed by atoms with Gasteiger partial charge >= 0.3 is 0 Å². The Bertz CT molecular complexity index is 505. The molecule has 5 heteroatoms. The van der Waals surface area contributed by atoms with Gasteiger partial charge in [-0.15, -0.1) is 0 Å². The number of likely N-dealkylation sites (tertiary alicyclic amines) is 1. The normalized spacial score (nSPS) is 20.8. The molecule has 2 unspecified atom stereocenters. The second-order valence-corrected chi connectivity index (χ2v) is 6.38. The zero-order valence-corrected chi connectivity index (χ0v) is 13.5. The van der Waals surface area contributed by atoms with Crippen LogP contribution in [0, 0.1) is 0 Å². The molecule has 2 rings (SSSR count). The molecule has 1 fully saturated rings. The van der Waals surface area contributed by atoms with E-state index in [-0.39, 0.29) is 18.0 Å². The van der Waals surface area contributed by atoms with Crippen molar-refractivity contribution in [1.82, 2.24) is 10.2 Å². The summed E-state index contributed by atoms with van der Waals surface area (Å²) in [5.74, 6) is 0.150. The highest BCUT2D eigenvalue weighted by molar-refractivity contribution is 6.35. The molecule has 20 heavy (non-hydrogen) atoms. The van der Waals surface area contributed by atoms with E-state index in [2.05, 4.69) is 19.2 Å². The molecular formula is C15H20Cl2N2O. The first-order chi connectivity index (χ1) is 9.40. The SMILES string of the molecule is CC(C)NC1CCN(C(C)c2ccc(Cl)cc2Cl)C1=O. The van der Waals surface area contributed by atoms with E-state index in [1.165, 1.54) is 0 Å². The molecule has 1 saturated heterocycles. The molecule has 3 nitrogen and oxygen atoms in total. The van der Waals surface area contributed by atoms with Crippen LogP contribution in [0.2, 0.25) is 10.0 Å². The van der Waals surface area contributed by atoms with Crippen LogP contribution in [-0.2, 0) is 4.79 Å². The Hall–Kier alpha value is -0.770. The Labute approximate surface area is 130 Å². The first kappa shape index (κ1) is 15.6. The van der Waals surface area contributed by atoms with Crippen LogP contribution < -0.4 is 5.32 Å². The number of nitrogens with zero attached hydrogens (tertiary/aromatic N) is 1. The van der Waals surface area contributed by atoms with E-state index in [0.717, 1.165) is 18.5 Å². The number of benzene rings is 1. The molecule has 1 N–H and O–H groups in total. The van der Waals surface area contributed by atoms with Gasteiger partial charge in [0.15, 0.2) is 0 Å². The van der Waals surface area contributed by atoms with E-state index in [1.54, 1.807) is 6.07 Å². The van der Waals surface area contributed by atoms with Gasteiger partial charge in [-0.2, -0.15) is 0 Å². The molecular weight excluding hydrogens is 295 g/mol. The van der Waals surface area contributed by atoms with Gasteiger partial charge in [-0.05, 0) is 31.0 Å². The number of hydrogen-bond acceptors (Lipinski definition) is 2. The van der Waals surface area contributed by atoms with Crippen molar-refractivity contribution >= 4 is 29.1 Å². The molecule has 0 aliphatic carbocycles.